The summed E-state index contributed by atoms with van der Waals surface area (Å²) < 4.78 is 4.94. The number of carbonyl (C=O) groups excluding carboxylic acids is 1. The van der Waals surface area contributed by atoms with E-state index in [1.54, 1.807) is 11.3 Å². The monoisotopic (exact) mass is 383 g/mol. The van der Waals surface area contributed by atoms with Crippen molar-refractivity contribution in [3.63, 3.8) is 0 Å². The molecule has 1 aromatic heterocycles. The molecule has 0 radical (unpaired) electrons. The molecule has 0 aromatic carbocycles. The van der Waals surface area contributed by atoms with Crippen molar-refractivity contribution in [2.45, 2.75) is 46.0 Å². The van der Waals surface area contributed by atoms with Gasteiger partial charge in [0.05, 0.1) is 18.0 Å². The summed E-state index contributed by atoms with van der Waals surface area (Å²) in [6.45, 7) is 4.37. The molecule has 1 aromatic rings. The van der Waals surface area contributed by atoms with Crippen LogP contribution in [0.1, 0.15) is 44.7 Å². The Kier molecular flexibility index (Phi) is 10.6. The van der Waals surface area contributed by atoms with Crippen molar-refractivity contribution < 1.29 is 9.53 Å². The number of nitrogens with zero attached hydrogens (tertiary/aromatic N) is 1. The van der Waals surface area contributed by atoms with E-state index < -0.39 is 0 Å². The molecule has 0 bridgehead atoms. The Morgan fingerprint density at radius 2 is 2.11 bits per heavy atom. The second-order valence-electron chi connectivity index (χ2n) is 4.22. The number of rotatable bonds is 2. The summed E-state index contributed by atoms with van der Waals surface area (Å²) in [5.74, 6) is 0.232. The van der Waals surface area contributed by atoms with Crippen LogP contribution in [-0.2, 0) is 9.53 Å². The molecule has 0 saturated heterocycles. The van der Waals surface area contributed by atoms with Crippen molar-refractivity contribution in [2.75, 3.05) is 6.61 Å². The van der Waals surface area contributed by atoms with Gasteiger partial charge in [-0.3, -0.25) is 9.78 Å². The van der Waals surface area contributed by atoms with Crippen molar-refractivity contribution >= 4 is 41.3 Å². The minimum absolute atomic E-state index is 0. The first kappa shape index (κ1) is 17.8. The fourth-order valence-corrected chi connectivity index (χ4v) is 2.42. The Bertz CT molecular complexity index is 311. The number of carbonyl (C=O) groups is 1. The molecule has 18 heavy (non-hydrogen) atoms. The van der Waals surface area contributed by atoms with Gasteiger partial charge in [-0.05, 0) is 26.7 Å². The summed E-state index contributed by atoms with van der Waals surface area (Å²) in [7, 11) is 0. The highest BCUT2D eigenvalue weighted by atomic mass is 127. The number of esters is 1. The lowest BCUT2D eigenvalue weighted by Crippen LogP contribution is -2.20. The Balaban J connectivity index is 0.000000352. The molecular formula is C13H22INO2S. The van der Waals surface area contributed by atoms with Crippen LogP contribution in [-0.4, -0.2) is 17.6 Å². The van der Waals surface area contributed by atoms with E-state index >= 15 is 0 Å². The van der Waals surface area contributed by atoms with Gasteiger partial charge in [-0.2, -0.15) is 0 Å². The lowest BCUT2D eigenvalue weighted by atomic mass is 9.89. The number of aromatic nitrogens is 1. The normalized spacial score (nSPS) is 15.0. The van der Waals surface area contributed by atoms with Gasteiger partial charge in [0.2, 0.25) is 0 Å². The van der Waals surface area contributed by atoms with E-state index in [2.05, 4.69) is 4.98 Å². The van der Waals surface area contributed by atoms with Gasteiger partial charge in [0.25, 0.3) is 0 Å². The number of thiazole rings is 1. The van der Waals surface area contributed by atoms with Gasteiger partial charge in [-0.1, -0.05) is 19.3 Å². The molecule has 0 aliphatic heterocycles. The predicted octanol–water partition coefficient (Wildman–Crippen LogP) is 4.20. The number of hydrogen-bond acceptors (Lipinski definition) is 4. The van der Waals surface area contributed by atoms with Crippen molar-refractivity contribution in [1.82, 2.24) is 4.98 Å². The maximum Gasteiger partial charge on any atom is 0.308 e. The van der Waals surface area contributed by atoms with Crippen molar-refractivity contribution in [3.8, 4) is 0 Å². The largest absolute Gasteiger partial charge is 0.466 e. The Hall–Kier alpha value is -0.170. The third kappa shape index (κ3) is 7.31. The van der Waals surface area contributed by atoms with Crippen LogP contribution in [0.4, 0.5) is 0 Å². The highest BCUT2D eigenvalue weighted by Crippen LogP contribution is 2.24. The number of ether oxygens (including phenoxy) is 1. The molecule has 104 valence electrons. The first-order valence-electron chi connectivity index (χ1n) is 6.25. The zero-order chi connectivity index (χ0) is 12.5. The van der Waals surface area contributed by atoms with Crippen LogP contribution in [0, 0.1) is 12.8 Å². The molecular weight excluding hydrogens is 361 g/mol. The van der Waals surface area contributed by atoms with Crippen LogP contribution in [0.3, 0.4) is 0 Å². The van der Waals surface area contributed by atoms with E-state index in [1.807, 2.05) is 24.7 Å². The van der Waals surface area contributed by atoms with Crippen LogP contribution >= 0.6 is 35.3 Å². The summed E-state index contributed by atoms with van der Waals surface area (Å²) in [5.41, 5.74) is 2.94. The molecule has 1 saturated carbocycles. The van der Waals surface area contributed by atoms with Gasteiger partial charge in [-0.25, -0.2) is 0 Å². The van der Waals surface area contributed by atoms with E-state index in [1.165, 1.54) is 19.3 Å². The van der Waals surface area contributed by atoms with E-state index in [4.69, 9.17) is 4.74 Å². The Labute approximate surface area is 130 Å². The average molecular weight is 383 g/mol. The lowest BCUT2D eigenvalue weighted by molar-refractivity contribution is -0.149. The summed E-state index contributed by atoms with van der Waals surface area (Å²) in [6, 6.07) is 0. The van der Waals surface area contributed by atoms with Crippen LogP contribution in [0.5, 0.6) is 0 Å². The van der Waals surface area contributed by atoms with Crippen molar-refractivity contribution in [3.05, 3.63) is 16.6 Å². The molecule has 3 nitrogen and oxygen atoms in total. The molecule has 1 aliphatic rings. The maximum atomic E-state index is 11.2. The molecule has 0 amide bonds. The highest BCUT2D eigenvalue weighted by molar-refractivity contribution is 14.0. The topological polar surface area (TPSA) is 39.2 Å². The molecule has 2 rings (SSSR count). The van der Waals surface area contributed by atoms with Crippen molar-refractivity contribution in [1.29, 1.82) is 0 Å². The number of hydrogen-bond donors (Lipinski definition) is 0. The quantitative estimate of drug-likeness (QED) is 0.568. The van der Waals surface area contributed by atoms with E-state index in [0.717, 1.165) is 18.5 Å². The van der Waals surface area contributed by atoms with E-state index in [9.17, 15) is 4.79 Å². The summed E-state index contributed by atoms with van der Waals surface area (Å²) in [5, 5.41) is 2.01. The van der Waals surface area contributed by atoms with E-state index in [0.29, 0.717) is 6.61 Å². The molecule has 0 spiro atoms. The third-order valence-electron chi connectivity index (χ3n) is 2.78. The smallest absolute Gasteiger partial charge is 0.308 e. The first-order chi connectivity index (χ1) is 8.24. The SMILES string of the molecule is CCOC(=O)C1CCCCC1.Cc1cscn1.I. The number of aryl methyl sites for hydroxylation is 1. The summed E-state index contributed by atoms with van der Waals surface area (Å²) in [4.78, 5) is 15.1. The second-order valence-corrected chi connectivity index (χ2v) is 4.94. The number of halogens is 1. The Morgan fingerprint density at radius 1 is 1.44 bits per heavy atom. The molecule has 5 heteroatoms. The van der Waals surface area contributed by atoms with Gasteiger partial charge in [0.15, 0.2) is 0 Å². The summed E-state index contributed by atoms with van der Waals surface area (Å²) >= 11 is 1.63. The average Bonchev–Trinajstić information content (AvgIpc) is 2.83. The van der Waals surface area contributed by atoms with Gasteiger partial charge in [-0.15, -0.1) is 35.3 Å². The lowest BCUT2D eigenvalue weighted by Gasteiger charge is -2.19. The second kappa shape index (κ2) is 10.7. The zero-order valence-electron chi connectivity index (χ0n) is 11.1. The van der Waals surface area contributed by atoms with Crippen LogP contribution < -0.4 is 0 Å². The molecule has 1 aliphatic carbocycles. The van der Waals surface area contributed by atoms with Crippen LogP contribution in [0.25, 0.3) is 0 Å². The molecule has 1 heterocycles. The van der Waals surface area contributed by atoms with Gasteiger partial charge < -0.3 is 4.74 Å². The zero-order valence-corrected chi connectivity index (χ0v) is 14.2. The molecule has 0 unspecified atom stereocenters. The first-order valence-corrected chi connectivity index (χ1v) is 7.19. The fraction of sp³-hybridized carbons (Fsp3) is 0.692. The Morgan fingerprint density at radius 3 is 2.50 bits per heavy atom. The molecule has 0 atom stereocenters. The van der Waals surface area contributed by atoms with E-state index in [-0.39, 0.29) is 35.9 Å². The molecule has 1 fully saturated rings. The fourth-order valence-electron chi connectivity index (χ4n) is 1.87. The highest BCUT2D eigenvalue weighted by Gasteiger charge is 2.21. The minimum Gasteiger partial charge on any atom is -0.466 e. The summed E-state index contributed by atoms with van der Waals surface area (Å²) in [6.07, 6.45) is 5.76. The van der Waals surface area contributed by atoms with Crippen LogP contribution in [0.15, 0.2) is 10.9 Å². The van der Waals surface area contributed by atoms with Crippen molar-refractivity contribution in [2.24, 2.45) is 5.92 Å². The minimum atomic E-state index is 0. The van der Waals surface area contributed by atoms with Gasteiger partial charge in [0.1, 0.15) is 0 Å². The third-order valence-corrected chi connectivity index (χ3v) is 3.49. The maximum absolute atomic E-state index is 11.2. The molecule has 0 N–H and O–H groups in total. The standard InChI is InChI=1S/C9H16O2.C4H5NS.HI/c1-2-11-9(10)8-6-4-3-5-7-8;1-4-2-6-3-5-4;/h8H,2-7H2,1H3;2-3H,1H3;1H. The van der Waals surface area contributed by atoms with Crippen LogP contribution in [0.2, 0.25) is 0 Å². The van der Waals surface area contributed by atoms with Gasteiger partial charge in [0, 0.05) is 11.1 Å². The van der Waals surface area contributed by atoms with Gasteiger partial charge >= 0.3 is 5.97 Å². The predicted molar refractivity (Wildman–Crippen MR) is 85.5 cm³/mol.